The Balaban J connectivity index is 1.75. The zero-order valence-corrected chi connectivity index (χ0v) is 13.3. The number of ether oxygens (including phenoxy) is 1. The van der Waals surface area contributed by atoms with Crippen LogP contribution in [-0.2, 0) is 11.2 Å². The van der Waals surface area contributed by atoms with Gasteiger partial charge >= 0.3 is 0 Å². The Bertz CT molecular complexity index is 976. The molecule has 3 aromatic rings. The highest BCUT2D eigenvalue weighted by molar-refractivity contribution is 5.73. The van der Waals surface area contributed by atoms with Crippen LogP contribution in [-0.4, -0.2) is 33.0 Å². The molecule has 6 nitrogen and oxygen atoms in total. The Hall–Kier alpha value is -2.61. The van der Waals surface area contributed by atoms with Crippen molar-refractivity contribution in [1.29, 1.82) is 0 Å². The summed E-state index contributed by atoms with van der Waals surface area (Å²) in [5.41, 5.74) is 0.223. The number of benzene rings is 1. The van der Waals surface area contributed by atoms with Crippen LogP contribution < -0.4 is 5.56 Å². The molecule has 1 fully saturated rings. The van der Waals surface area contributed by atoms with Crippen molar-refractivity contribution in [2.45, 2.75) is 25.3 Å². The highest BCUT2D eigenvalue weighted by Crippen LogP contribution is 2.22. The Labute approximate surface area is 141 Å². The van der Waals surface area contributed by atoms with Crippen LogP contribution in [0.2, 0.25) is 0 Å². The summed E-state index contributed by atoms with van der Waals surface area (Å²) in [4.78, 5) is 19.3. The highest BCUT2D eigenvalue weighted by atomic mass is 19.2. The second-order valence-electron chi connectivity index (χ2n) is 6.10. The maximum Gasteiger partial charge on any atom is 0.262 e. The number of fused-ring (bicyclic) bond motifs is 1. The Morgan fingerprint density at radius 3 is 3.04 bits per heavy atom. The van der Waals surface area contributed by atoms with E-state index in [2.05, 4.69) is 15.1 Å². The molecule has 1 aliphatic rings. The number of nitrogens with zero attached hydrogens (tertiary/aromatic N) is 3. The lowest BCUT2D eigenvalue weighted by Gasteiger charge is -2.22. The van der Waals surface area contributed by atoms with Crippen LogP contribution in [0.25, 0.3) is 11.0 Å². The second-order valence-corrected chi connectivity index (χ2v) is 6.10. The molecule has 0 spiro atoms. The molecule has 8 heteroatoms. The van der Waals surface area contributed by atoms with Gasteiger partial charge in [0.05, 0.1) is 18.8 Å². The van der Waals surface area contributed by atoms with Crippen molar-refractivity contribution in [2.75, 3.05) is 13.2 Å². The molecule has 1 unspecified atom stereocenters. The van der Waals surface area contributed by atoms with E-state index in [0.29, 0.717) is 24.2 Å². The average Bonchev–Trinajstić information content (AvgIpc) is 3.04. The molecule has 0 amide bonds. The fourth-order valence-corrected chi connectivity index (χ4v) is 3.11. The zero-order valence-electron chi connectivity index (χ0n) is 13.3. The lowest BCUT2D eigenvalue weighted by Crippen LogP contribution is -2.23. The van der Waals surface area contributed by atoms with Gasteiger partial charge in [-0.05, 0) is 24.5 Å². The molecule has 25 heavy (non-hydrogen) atoms. The number of halogens is 2. The van der Waals surface area contributed by atoms with Crippen LogP contribution in [0, 0.1) is 11.6 Å². The number of aromatic amines is 1. The number of aromatic nitrogens is 4. The molecular weight excluding hydrogens is 330 g/mol. The quantitative estimate of drug-likeness (QED) is 0.790. The van der Waals surface area contributed by atoms with E-state index in [-0.39, 0.29) is 29.4 Å². The molecular formula is C17H16F2N4O2. The third-order valence-corrected chi connectivity index (χ3v) is 4.38. The molecule has 2 aromatic heterocycles. The maximum atomic E-state index is 13.9. The van der Waals surface area contributed by atoms with Gasteiger partial charge in [-0.25, -0.2) is 18.4 Å². The van der Waals surface area contributed by atoms with Crippen molar-refractivity contribution in [1.82, 2.24) is 19.7 Å². The van der Waals surface area contributed by atoms with Gasteiger partial charge in [0, 0.05) is 13.0 Å². The van der Waals surface area contributed by atoms with E-state index in [9.17, 15) is 13.6 Å². The Morgan fingerprint density at radius 2 is 2.24 bits per heavy atom. The monoisotopic (exact) mass is 346 g/mol. The summed E-state index contributed by atoms with van der Waals surface area (Å²) >= 11 is 0. The van der Waals surface area contributed by atoms with Gasteiger partial charge in [-0.15, -0.1) is 0 Å². The third kappa shape index (κ3) is 2.93. The van der Waals surface area contributed by atoms with Crippen LogP contribution in [0.5, 0.6) is 0 Å². The van der Waals surface area contributed by atoms with Crippen LogP contribution in [0.4, 0.5) is 8.78 Å². The first-order chi connectivity index (χ1) is 12.1. The predicted molar refractivity (Wildman–Crippen MR) is 86.4 cm³/mol. The Kier molecular flexibility index (Phi) is 4.04. The van der Waals surface area contributed by atoms with Crippen molar-refractivity contribution >= 4 is 11.0 Å². The number of H-pyrrole nitrogens is 1. The maximum absolute atomic E-state index is 13.9. The minimum absolute atomic E-state index is 0.0128. The first-order valence-corrected chi connectivity index (χ1v) is 8.10. The number of rotatable bonds is 3. The molecule has 0 saturated carbocycles. The van der Waals surface area contributed by atoms with Gasteiger partial charge in [0.25, 0.3) is 5.56 Å². The van der Waals surface area contributed by atoms with E-state index in [1.54, 1.807) is 4.68 Å². The average molecular weight is 346 g/mol. The molecule has 0 bridgehead atoms. The van der Waals surface area contributed by atoms with Crippen molar-refractivity contribution in [2.24, 2.45) is 0 Å². The summed E-state index contributed by atoms with van der Waals surface area (Å²) in [7, 11) is 0. The summed E-state index contributed by atoms with van der Waals surface area (Å²) < 4.78 is 34.4. The first kappa shape index (κ1) is 15.9. The van der Waals surface area contributed by atoms with Gasteiger partial charge in [0.2, 0.25) is 0 Å². The van der Waals surface area contributed by atoms with E-state index >= 15 is 0 Å². The van der Waals surface area contributed by atoms with Crippen LogP contribution in [0.3, 0.4) is 0 Å². The molecule has 0 radical (unpaired) electrons. The summed E-state index contributed by atoms with van der Waals surface area (Å²) in [5.74, 6) is -1.59. The van der Waals surface area contributed by atoms with Gasteiger partial charge in [-0.2, -0.15) is 5.10 Å². The smallest absolute Gasteiger partial charge is 0.262 e. The summed E-state index contributed by atoms with van der Waals surface area (Å²) in [5, 5.41) is 4.65. The summed E-state index contributed by atoms with van der Waals surface area (Å²) in [6, 6.07) is 3.96. The molecule has 130 valence electrons. The Morgan fingerprint density at radius 1 is 1.36 bits per heavy atom. The molecule has 1 atom stereocenters. The fourth-order valence-electron chi connectivity index (χ4n) is 3.11. The molecule has 1 N–H and O–H groups in total. The van der Waals surface area contributed by atoms with Crippen molar-refractivity contribution in [3.8, 4) is 0 Å². The van der Waals surface area contributed by atoms with Gasteiger partial charge in [-0.3, -0.25) is 4.79 Å². The predicted octanol–water partition coefficient (Wildman–Crippen LogP) is 2.34. The van der Waals surface area contributed by atoms with Gasteiger partial charge < -0.3 is 9.72 Å². The van der Waals surface area contributed by atoms with E-state index in [0.717, 1.165) is 18.9 Å². The van der Waals surface area contributed by atoms with E-state index in [1.807, 2.05) is 0 Å². The van der Waals surface area contributed by atoms with Crippen molar-refractivity contribution in [3.63, 3.8) is 0 Å². The minimum Gasteiger partial charge on any atom is -0.379 e. The topological polar surface area (TPSA) is 72.8 Å². The van der Waals surface area contributed by atoms with E-state index < -0.39 is 11.6 Å². The molecule has 1 saturated heterocycles. The second kappa shape index (κ2) is 6.36. The SMILES string of the molecule is O=c1[nH]c(Cc2cccc(F)c2F)nc2c1cnn2C1CCCOC1. The largest absolute Gasteiger partial charge is 0.379 e. The van der Waals surface area contributed by atoms with E-state index in [1.165, 1.54) is 18.3 Å². The standard InChI is InChI=1S/C17H16F2N4O2/c18-13-5-1-3-10(15(13)19)7-14-21-16-12(17(24)22-14)8-20-23(16)11-4-2-6-25-9-11/h1,3,5,8,11H,2,4,6-7,9H2,(H,21,22,24). The lowest BCUT2D eigenvalue weighted by atomic mass is 10.1. The number of hydrogen-bond donors (Lipinski definition) is 1. The van der Waals surface area contributed by atoms with Crippen molar-refractivity contribution in [3.05, 3.63) is 57.8 Å². The normalized spacial score (nSPS) is 17.9. The highest BCUT2D eigenvalue weighted by Gasteiger charge is 2.21. The van der Waals surface area contributed by atoms with Gasteiger partial charge in [0.1, 0.15) is 11.2 Å². The van der Waals surface area contributed by atoms with Crippen LogP contribution in [0.1, 0.15) is 30.3 Å². The zero-order chi connectivity index (χ0) is 17.4. The molecule has 1 aliphatic heterocycles. The third-order valence-electron chi connectivity index (χ3n) is 4.38. The molecule has 4 rings (SSSR count). The number of nitrogens with one attached hydrogen (secondary N) is 1. The minimum atomic E-state index is -0.931. The molecule has 0 aliphatic carbocycles. The summed E-state index contributed by atoms with van der Waals surface area (Å²) in [6.45, 7) is 1.23. The summed E-state index contributed by atoms with van der Waals surface area (Å²) in [6.07, 6.45) is 3.26. The fraction of sp³-hybridized carbons (Fsp3) is 0.353. The van der Waals surface area contributed by atoms with E-state index in [4.69, 9.17) is 4.74 Å². The van der Waals surface area contributed by atoms with Gasteiger partial charge in [0.15, 0.2) is 17.3 Å². The molecule has 3 heterocycles. The first-order valence-electron chi connectivity index (χ1n) is 8.10. The van der Waals surface area contributed by atoms with Crippen LogP contribution >= 0.6 is 0 Å². The van der Waals surface area contributed by atoms with Crippen LogP contribution in [0.15, 0.2) is 29.2 Å². The number of hydrogen-bond acceptors (Lipinski definition) is 4. The van der Waals surface area contributed by atoms with Gasteiger partial charge in [-0.1, -0.05) is 12.1 Å². The molecule has 1 aromatic carbocycles. The van der Waals surface area contributed by atoms with Crippen molar-refractivity contribution < 1.29 is 13.5 Å². The lowest BCUT2D eigenvalue weighted by molar-refractivity contribution is 0.0563.